The third kappa shape index (κ3) is 2.28. The minimum Gasteiger partial charge on any atom is -0.385 e. The summed E-state index contributed by atoms with van der Waals surface area (Å²) in [6, 6.07) is 3.68. The van der Waals surface area contributed by atoms with Gasteiger partial charge in [-0.15, -0.1) is 11.3 Å². The van der Waals surface area contributed by atoms with E-state index < -0.39 is 6.10 Å². The number of halogens is 1. The molecule has 2 unspecified atom stereocenters. The van der Waals surface area contributed by atoms with E-state index in [1.165, 1.54) is 11.3 Å². The summed E-state index contributed by atoms with van der Waals surface area (Å²) in [5.41, 5.74) is 0. The lowest BCUT2D eigenvalue weighted by Crippen LogP contribution is -2.25. The largest absolute Gasteiger partial charge is 0.385 e. The van der Waals surface area contributed by atoms with Crippen molar-refractivity contribution < 1.29 is 9.84 Å². The highest BCUT2D eigenvalue weighted by atomic mass is 35.5. The van der Waals surface area contributed by atoms with Gasteiger partial charge >= 0.3 is 0 Å². The second kappa shape index (κ2) is 4.62. The van der Waals surface area contributed by atoms with Gasteiger partial charge in [-0.3, -0.25) is 0 Å². The van der Waals surface area contributed by atoms with Gasteiger partial charge in [-0.05, 0) is 31.4 Å². The van der Waals surface area contributed by atoms with Crippen LogP contribution in [0.25, 0.3) is 0 Å². The number of ether oxygens (including phenoxy) is 1. The lowest BCUT2D eigenvalue weighted by molar-refractivity contribution is -0.0620. The zero-order chi connectivity index (χ0) is 9.97. The third-order valence-electron chi connectivity index (χ3n) is 2.45. The maximum absolute atomic E-state index is 9.99. The van der Waals surface area contributed by atoms with Gasteiger partial charge in [0.2, 0.25) is 0 Å². The van der Waals surface area contributed by atoms with Crippen LogP contribution in [-0.4, -0.2) is 17.8 Å². The minimum atomic E-state index is -0.507. The second-order valence-electron chi connectivity index (χ2n) is 3.49. The molecule has 2 nitrogen and oxygen atoms in total. The fourth-order valence-electron chi connectivity index (χ4n) is 1.69. The predicted molar refractivity (Wildman–Crippen MR) is 57.9 cm³/mol. The smallest absolute Gasteiger partial charge is 0.114 e. The summed E-state index contributed by atoms with van der Waals surface area (Å²) in [5, 5.41) is 9.99. The molecular weight excluding hydrogens is 220 g/mol. The molecule has 1 aliphatic rings. The van der Waals surface area contributed by atoms with E-state index in [1.807, 2.05) is 12.1 Å². The molecular formula is C10H13ClO2S. The number of thiophene rings is 1. The molecule has 2 rings (SSSR count). The molecule has 2 heterocycles. The van der Waals surface area contributed by atoms with E-state index in [9.17, 15) is 5.11 Å². The highest BCUT2D eigenvalue weighted by molar-refractivity contribution is 7.16. The van der Waals surface area contributed by atoms with Crippen LogP contribution in [0.1, 0.15) is 30.2 Å². The van der Waals surface area contributed by atoms with Gasteiger partial charge in [0.15, 0.2) is 0 Å². The van der Waals surface area contributed by atoms with Crippen molar-refractivity contribution in [3.8, 4) is 0 Å². The summed E-state index contributed by atoms with van der Waals surface area (Å²) in [4.78, 5) is 0.905. The zero-order valence-electron chi connectivity index (χ0n) is 7.78. The first-order valence-corrected chi connectivity index (χ1v) is 6.02. The molecule has 0 bridgehead atoms. The van der Waals surface area contributed by atoms with E-state index in [0.717, 1.165) is 35.1 Å². The van der Waals surface area contributed by atoms with Crippen molar-refractivity contribution in [2.24, 2.45) is 0 Å². The molecule has 1 aliphatic heterocycles. The Morgan fingerprint density at radius 3 is 2.93 bits per heavy atom. The van der Waals surface area contributed by atoms with Crippen LogP contribution in [0.15, 0.2) is 12.1 Å². The molecule has 1 aromatic rings. The molecule has 1 fully saturated rings. The normalized spacial score (nSPS) is 24.9. The van der Waals surface area contributed by atoms with E-state index in [4.69, 9.17) is 16.3 Å². The van der Waals surface area contributed by atoms with Crippen molar-refractivity contribution in [3.05, 3.63) is 21.3 Å². The van der Waals surface area contributed by atoms with E-state index in [2.05, 4.69) is 0 Å². The molecule has 1 aromatic heterocycles. The predicted octanol–water partition coefficient (Wildman–Crippen LogP) is 3.00. The summed E-state index contributed by atoms with van der Waals surface area (Å²) in [5.74, 6) is 0. The molecule has 0 saturated carbocycles. The zero-order valence-corrected chi connectivity index (χ0v) is 9.35. The summed E-state index contributed by atoms with van der Waals surface area (Å²) >= 11 is 7.23. The van der Waals surface area contributed by atoms with Gasteiger partial charge in [-0.2, -0.15) is 0 Å². The molecule has 0 amide bonds. The van der Waals surface area contributed by atoms with Gasteiger partial charge in [-0.25, -0.2) is 0 Å². The number of hydrogen-bond donors (Lipinski definition) is 1. The second-order valence-corrected chi connectivity index (χ2v) is 5.24. The van der Waals surface area contributed by atoms with Crippen LogP contribution in [0.4, 0.5) is 0 Å². The third-order valence-corrected chi connectivity index (χ3v) is 3.75. The van der Waals surface area contributed by atoms with Gasteiger partial charge in [0, 0.05) is 11.5 Å². The van der Waals surface area contributed by atoms with E-state index in [1.54, 1.807) is 0 Å². The molecule has 0 aromatic carbocycles. The van der Waals surface area contributed by atoms with Crippen LogP contribution in [0.5, 0.6) is 0 Å². The number of aliphatic hydroxyl groups is 1. The van der Waals surface area contributed by atoms with Gasteiger partial charge in [0.25, 0.3) is 0 Å². The van der Waals surface area contributed by atoms with Crippen LogP contribution >= 0.6 is 22.9 Å². The van der Waals surface area contributed by atoms with Crippen molar-refractivity contribution in [2.45, 2.75) is 31.5 Å². The number of rotatable bonds is 2. The van der Waals surface area contributed by atoms with Gasteiger partial charge < -0.3 is 9.84 Å². The summed E-state index contributed by atoms with van der Waals surface area (Å²) in [7, 11) is 0. The van der Waals surface area contributed by atoms with Crippen LogP contribution in [0.3, 0.4) is 0 Å². The Balaban J connectivity index is 2.03. The van der Waals surface area contributed by atoms with Crippen LogP contribution < -0.4 is 0 Å². The van der Waals surface area contributed by atoms with Gasteiger partial charge in [0.05, 0.1) is 10.4 Å². The molecule has 1 saturated heterocycles. The molecule has 2 atom stereocenters. The maximum Gasteiger partial charge on any atom is 0.114 e. The van der Waals surface area contributed by atoms with Crippen LogP contribution in [0, 0.1) is 0 Å². The Morgan fingerprint density at radius 1 is 1.50 bits per heavy atom. The monoisotopic (exact) mass is 232 g/mol. The van der Waals surface area contributed by atoms with Crippen molar-refractivity contribution in [1.29, 1.82) is 0 Å². The van der Waals surface area contributed by atoms with Crippen molar-refractivity contribution in [2.75, 3.05) is 6.61 Å². The van der Waals surface area contributed by atoms with Crippen LogP contribution in [0.2, 0.25) is 4.34 Å². The lowest BCUT2D eigenvalue weighted by atomic mass is 10.0. The molecule has 0 aliphatic carbocycles. The molecule has 1 N–H and O–H groups in total. The van der Waals surface area contributed by atoms with Crippen LogP contribution in [-0.2, 0) is 4.74 Å². The topological polar surface area (TPSA) is 29.5 Å². The Labute approximate surface area is 92.5 Å². The van der Waals surface area contributed by atoms with Gasteiger partial charge in [0.1, 0.15) is 6.10 Å². The Morgan fingerprint density at radius 2 is 2.36 bits per heavy atom. The average molecular weight is 233 g/mol. The first-order valence-electron chi connectivity index (χ1n) is 4.82. The van der Waals surface area contributed by atoms with E-state index in [-0.39, 0.29) is 6.10 Å². The van der Waals surface area contributed by atoms with Gasteiger partial charge in [-0.1, -0.05) is 11.6 Å². The van der Waals surface area contributed by atoms with E-state index >= 15 is 0 Å². The van der Waals surface area contributed by atoms with Crippen molar-refractivity contribution in [3.63, 3.8) is 0 Å². The summed E-state index contributed by atoms with van der Waals surface area (Å²) in [6.45, 7) is 0.765. The molecule has 14 heavy (non-hydrogen) atoms. The average Bonchev–Trinajstić information content (AvgIpc) is 2.65. The first-order chi connectivity index (χ1) is 6.77. The Hall–Kier alpha value is -0.0900. The lowest BCUT2D eigenvalue weighted by Gasteiger charge is -2.26. The van der Waals surface area contributed by atoms with Crippen molar-refractivity contribution >= 4 is 22.9 Å². The summed E-state index contributed by atoms with van der Waals surface area (Å²) in [6.07, 6.45) is 2.64. The number of hydrogen-bond acceptors (Lipinski definition) is 3. The maximum atomic E-state index is 9.99. The quantitative estimate of drug-likeness (QED) is 0.850. The highest BCUT2D eigenvalue weighted by Crippen LogP contribution is 2.32. The highest BCUT2D eigenvalue weighted by Gasteiger charge is 2.24. The summed E-state index contributed by atoms with van der Waals surface area (Å²) < 4.78 is 6.23. The molecule has 0 spiro atoms. The first kappa shape index (κ1) is 10.4. The fraction of sp³-hybridized carbons (Fsp3) is 0.600. The molecule has 78 valence electrons. The van der Waals surface area contributed by atoms with Crippen molar-refractivity contribution in [1.82, 2.24) is 0 Å². The number of aliphatic hydroxyl groups excluding tert-OH is 1. The Bertz CT molecular complexity index is 294. The fourth-order valence-corrected chi connectivity index (χ4v) is 2.79. The SMILES string of the molecule is OC(c1ccc(Cl)s1)C1CCCCO1. The standard InChI is InChI=1S/C10H13ClO2S/c11-9-5-4-8(14-9)10(12)7-3-1-2-6-13-7/h4-5,7,10,12H,1-3,6H2. The minimum absolute atomic E-state index is 0.0431. The Kier molecular flexibility index (Phi) is 3.44. The molecule has 0 radical (unpaired) electrons. The molecule has 4 heteroatoms. The van der Waals surface area contributed by atoms with E-state index in [0.29, 0.717) is 0 Å².